The second kappa shape index (κ2) is 13.4. The van der Waals surface area contributed by atoms with Crippen molar-refractivity contribution in [3.63, 3.8) is 0 Å². The van der Waals surface area contributed by atoms with Crippen molar-refractivity contribution in [3.05, 3.63) is 130 Å². The van der Waals surface area contributed by atoms with E-state index in [-0.39, 0.29) is 36.3 Å². The zero-order valence-corrected chi connectivity index (χ0v) is 24.6. The number of nitrogens with one attached hydrogen (secondary N) is 1. The summed E-state index contributed by atoms with van der Waals surface area (Å²) < 4.78 is 149. The van der Waals surface area contributed by atoms with Crippen molar-refractivity contribution in [1.82, 2.24) is 5.32 Å². The number of rotatable bonds is 12. The van der Waals surface area contributed by atoms with Crippen LogP contribution in [-0.4, -0.2) is 25.0 Å². The SMILES string of the molecule is O=C(NC(Cc1ccccc1)(c1cc(F)cc(OC(F)(F)C(F)F)c1)c1ccc(F)c(OCC2CC2)c1)c1ccc(F)c(C(F)(F)F)c1. The second-order valence-corrected chi connectivity index (χ2v) is 11.3. The zero-order chi connectivity index (χ0) is 34.9. The highest BCUT2D eigenvalue weighted by Gasteiger charge is 2.45. The molecule has 1 fully saturated rings. The van der Waals surface area contributed by atoms with E-state index in [0.29, 0.717) is 17.7 Å². The lowest BCUT2D eigenvalue weighted by Gasteiger charge is -2.37. The summed E-state index contributed by atoms with van der Waals surface area (Å²) in [7, 11) is 0. The van der Waals surface area contributed by atoms with Gasteiger partial charge in [0.2, 0.25) is 0 Å². The van der Waals surface area contributed by atoms with Crippen molar-refractivity contribution in [3.8, 4) is 11.5 Å². The van der Waals surface area contributed by atoms with Crippen LogP contribution in [0.15, 0.2) is 84.9 Å². The Labute approximate surface area is 267 Å². The molecular formula is C34H25F10NO3. The van der Waals surface area contributed by atoms with Crippen molar-refractivity contribution in [1.29, 1.82) is 0 Å². The molecule has 0 saturated heterocycles. The highest BCUT2D eigenvalue weighted by molar-refractivity contribution is 5.95. The van der Waals surface area contributed by atoms with E-state index < -0.39 is 70.0 Å². The number of carbonyl (C=O) groups is 1. The van der Waals surface area contributed by atoms with Crippen LogP contribution in [0, 0.1) is 23.4 Å². The fourth-order valence-electron chi connectivity index (χ4n) is 5.05. The first kappa shape index (κ1) is 34.6. The molecule has 1 N–H and O–H groups in total. The molecule has 48 heavy (non-hydrogen) atoms. The molecule has 1 saturated carbocycles. The standard InChI is InChI=1S/C34H25F10NO3/c35-24-13-23(14-25(16-24)48-34(43,44)31(38)39)32(17-19-4-2-1-3-5-19,22-9-11-28(37)29(15-22)47-18-20-6-7-20)45-30(46)21-8-10-27(36)26(12-21)33(40,41)42/h1-5,8-16,20,31H,6-7,17-18H2,(H,45,46). The number of halogens is 10. The van der Waals surface area contributed by atoms with E-state index in [2.05, 4.69) is 10.1 Å². The second-order valence-electron chi connectivity index (χ2n) is 11.3. The van der Waals surface area contributed by atoms with Crippen LogP contribution in [0.1, 0.15) is 45.5 Å². The normalized spacial score (nSPS) is 14.8. The number of hydrogen-bond donors (Lipinski definition) is 1. The van der Waals surface area contributed by atoms with E-state index in [9.17, 15) is 44.3 Å². The van der Waals surface area contributed by atoms with Crippen molar-refractivity contribution >= 4 is 5.91 Å². The van der Waals surface area contributed by atoms with Gasteiger partial charge in [0.1, 0.15) is 17.4 Å². The van der Waals surface area contributed by atoms with Gasteiger partial charge in [0, 0.05) is 18.1 Å². The molecule has 14 heteroatoms. The van der Waals surface area contributed by atoms with Gasteiger partial charge in [0.05, 0.1) is 17.7 Å². The minimum absolute atomic E-state index is 0.0674. The van der Waals surface area contributed by atoms with Gasteiger partial charge in [0.25, 0.3) is 5.91 Å². The Kier molecular flexibility index (Phi) is 9.65. The van der Waals surface area contributed by atoms with Crippen molar-refractivity contribution in [2.75, 3.05) is 6.61 Å². The Morgan fingerprint density at radius 1 is 0.812 bits per heavy atom. The molecule has 0 radical (unpaired) electrons. The molecule has 1 aliphatic carbocycles. The Morgan fingerprint density at radius 2 is 1.50 bits per heavy atom. The molecule has 1 atom stereocenters. The maximum absolute atomic E-state index is 15.2. The monoisotopic (exact) mass is 685 g/mol. The third kappa shape index (κ3) is 7.85. The minimum atomic E-state index is -5.20. The lowest BCUT2D eigenvalue weighted by atomic mass is 9.77. The van der Waals surface area contributed by atoms with Crippen LogP contribution in [0.3, 0.4) is 0 Å². The summed E-state index contributed by atoms with van der Waals surface area (Å²) in [6.45, 7) is 0.120. The summed E-state index contributed by atoms with van der Waals surface area (Å²) in [5.41, 5.74) is -4.71. The van der Waals surface area contributed by atoms with Crippen LogP contribution in [0.25, 0.3) is 0 Å². The van der Waals surface area contributed by atoms with Gasteiger partial charge in [-0.05, 0) is 77.9 Å². The summed E-state index contributed by atoms with van der Waals surface area (Å²) in [6, 6.07) is 14.4. The molecule has 0 spiro atoms. The third-order valence-corrected chi connectivity index (χ3v) is 7.64. The van der Waals surface area contributed by atoms with E-state index in [4.69, 9.17) is 4.74 Å². The molecule has 254 valence electrons. The maximum atomic E-state index is 15.2. The summed E-state index contributed by atoms with van der Waals surface area (Å²) >= 11 is 0. The molecule has 0 aromatic heterocycles. The van der Waals surface area contributed by atoms with Crippen LogP contribution >= 0.6 is 0 Å². The number of benzene rings is 4. The summed E-state index contributed by atoms with van der Waals surface area (Å²) in [4.78, 5) is 13.8. The quantitative estimate of drug-likeness (QED) is 0.152. The van der Waals surface area contributed by atoms with E-state index in [1.165, 1.54) is 0 Å². The van der Waals surface area contributed by atoms with Crippen LogP contribution in [0.4, 0.5) is 43.9 Å². The van der Waals surface area contributed by atoms with Crippen molar-refractivity contribution < 1.29 is 58.2 Å². The number of alkyl halides is 7. The number of hydrogen-bond acceptors (Lipinski definition) is 3. The summed E-state index contributed by atoms with van der Waals surface area (Å²) in [5.74, 6) is -6.31. The molecule has 4 aromatic rings. The lowest BCUT2D eigenvalue weighted by molar-refractivity contribution is -0.253. The Balaban J connectivity index is 1.73. The zero-order valence-electron chi connectivity index (χ0n) is 24.6. The van der Waals surface area contributed by atoms with Gasteiger partial charge in [-0.25, -0.2) is 13.2 Å². The summed E-state index contributed by atoms with van der Waals surface area (Å²) in [6.07, 6.45) is -13.3. The first-order valence-electron chi connectivity index (χ1n) is 14.4. The van der Waals surface area contributed by atoms with Crippen LogP contribution < -0.4 is 14.8 Å². The van der Waals surface area contributed by atoms with E-state index in [1.54, 1.807) is 30.3 Å². The average Bonchev–Trinajstić information content (AvgIpc) is 3.84. The number of amides is 1. The van der Waals surface area contributed by atoms with Crippen molar-refractivity contribution in [2.24, 2.45) is 5.92 Å². The first-order chi connectivity index (χ1) is 22.6. The van der Waals surface area contributed by atoms with Gasteiger partial charge in [-0.1, -0.05) is 36.4 Å². The van der Waals surface area contributed by atoms with E-state index in [0.717, 1.165) is 49.2 Å². The lowest BCUT2D eigenvalue weighted by Crippen LogP contribution is -2.49. The predicted molar refractivity (Wildman–Crippen MR) is 152 cm³/mol. The highest BCUT2D eigenvalue weighted by atomic mass is 19.4. The fourth-order valence-corrected chi connectivity index (χ4v) is 5.05. The molecule has 4 nitrogen and oxygen atoms in total. The van der Waals surface area contributed by atoms with Gasteiger partial charge in [-0.2, -0.15) is 30.7 Å². The first-order valence-corrected chi connectivity index (χ1v) is 14.4. The third-order valence-electron chi connectivity index (χ3n) is 7.64. The van der Waals surface area contributed by atoms with Crippen LogP contribution in [0.2, 0.25) is 0 Å². The molecule has 0 aliphatic heterocycles. The smallest absolute Gasteiger partial charge is 0.461 e. The Hall–Kier alpha value is -4.75. The van der Waals surface area contributed by atoms with Crippen LogP contribution in [-0.2, 0) is 18.1 Å². The largest absolute Gasteiger partial charge is 0.490 e. The average molecular weight is 686 g/mol. The van der Waals surface area contributed by atoms with Gasteiger partial charge in [-0.3, -0.25) is 4.79 Å². The molecule has 1 aliphatic rings. The number of carbonyl (C=O) groups excluding carboxylic acids is 1. The molecule has 1 amide bonds. The Morgan fingerprint density at radius 3 is 2.15 bits per heavy atom. The topological polar surface area (TPSA) is 47.6 Å². The van der Waals surface area contributed by atoms with E-state index >= 15 is 4.39 Å². The number of ether oxygens (including phenoxy) is 2. The minimum Gasteiger partial charge on any atom is -0.490 e. The predicted octanol–water partition coefficient (Wildman–Crippen LogP) is 9.06. The van der Waals surface area contributed by atoms with Gasteiger partial charge in [0.15, 0.2) is 11.6 Å². The van der Waals surface area contributed by atoms with E-state index in [1.807, 2.05) is 0 Å². The summed E-state index contributed by atoms with van der Waals surface area (Å²) in [5, 5.41) is 2.53. The van der Waals surface area contributed by atoms with Gasteiger partial charge < -0.3 is 14.8 Å². The fraction of sp³-hybridized carbons (Fsp3) is 0.265. The molecule has 5 rings (SSSR count). The highest BCUT2D eigenvalue weighted by Crippen LogP contribution is 2.40. The molecule has 1 unspecified atom stereocenters. The maximum Gasteiger partial charge on any atom is 0.461 e. The molecule has 0 heterocycles. The van der Waals surface area contributed by atoms with Gasteiger partial charge in [-0.15, -0.1) is 0 Å². The van der Waals surface area contributed by atoms with Gasteiger partial charge >= 0.3 is 18.7 Å². The molecular weight excluding hydrogens is 660 g/mol. The van der Waals surface area contributed by atoms with Crippen LogP contribution in [0.5, 0.6) is 11.5 Å². The van der Waals surface area contributed by atoms with Crippen molar-refractivity contribution in [2.45, 2.75) is 43.5 Å². The Bertz CT molecular complexity index is 1780. The molecule has 4 aromatic carbocycles. The molecule has 0 bridgehead atoms.